The number of nitrogens with one attached hydrogen (secondary N) is 2. The third kappa shape index (κ3) is 3.95. The lowest BCUT2D eigenvalue weighted by molar-refractivity contribution is 0.632. The maximum atomic E-state index is 14.0. The van der Waals surface area contributed by atoms with Gasteiger partial charge in [-0.05, 0) is 42.3 Å². The fourth-order valence-electron chi connectivity index (χ4n) is 2.35. The van der Waals surface area contributed by atoms with Gasteiger partial charge in [-0.3, -0.25) is 0 Å². The number of aromatic nitrogens is 2. The molecule has 26 heavy (non-hydrogen) atoms. The van der Waals surface area contributed by atoms with Crippen LogP contribution in [0.4, 0.5) is 21.6 Å². The van der Waals surface area contributed by atoms with E-state index < -0.39 is 5.82 Å². The largest absolute Gasteiger partial charge is 0.352 e. The van der Waals surface area contributed by atoms with Crippen molar-refractivity contribution in [2.45, 2.75) is 6.92 Å². The average Bonchev–Trinajstić information content (AvgIpc) is 2.60. The fourth-order valence-corrected chi connectivity index (χ4v) is 2.70. The van der Waals surface area contributed by atoms with Crippen LogP contribution in [-0.4, -0.2) is 9.97 Å². The standard InChI is InChI=1S/C19H15Cl2FN4/c1-11-6-3-4-9-16(11)25-18-13(10-23-19(21)26-18)12(2)24-17-14(20)7-5-8-15(17)22/h3-10,24H,2H2,1H3,(H,23,25,26). The highest BCUT2D eigenvalue weighted by atomic mass is 35.5. The van der Waals surface area contributed by atoms with Crippen LogP contribution in [0.5, 0.6) is 0 Å². The van der Waals surface area contributed by atoms with Crippen LogP contribution in [0.25, 0.3) is 5.70 Å². The van der Waals surface area contributed by atoms with Crippen molar-refractivity contribution >= 4 is 46.1 Å². The van der Waals surface area contributed by atoms with Gasteiger partial charge in [-0.1, -0.05) is 42.4 Å². The van der Waals surface area contributed by atoms with E-state index in [2.05, 4.69) is 27.2 Å². The molecule has 2 aromatic carbocycles. The Balaban J connectivity index is 1.95. The molecule has 0 saturated heterocycles. The molecule has 0 fully saturated rings. The molecule has 0 unspecified atom stereocenters. The minimum Gasteiger partial charge on any atom is -0.352 e. The lowest BCUT2D eigenvalue weighted by Gasteiger charge is -2.16. The number of anilines is 3. The minimum absolute atomic E-state index is 0.0848. The molecule has 0 aliphatic rings. The number of hydrogen-bond donors (Lipinski definition) is 2. The predicted octanol–water partition coefficient (Wildman–Crippen LogP) is 6.06. The van der Waals surface area contributed by atoms with Crippen LogP contribution in [0.3, 0.4) is 0 Å². The van der Waals surface area contributed by atoms with E-state index in [4.69, 9.17) is 23.2 Å². The molecule has 0 amide bonds. The van der Waals surface area contributed by atoms with E-state index in [0.29, 0.717) is 17.1 Å². The van der Waals surface area contributed by atoms with Gasteiger partial charge in [-0.25, -0.2) is 9.37 Å². The van der Waals surface area contributed by atoms with E-state index in [1.54, 1.807) is 6.07 Å². The molecule has 2 N–H and O–H groups in total. The average molecular weight is 389 g/mol. The lowest BCUT2D eigenvalue weighted by atomic mass is 10.1. The Bertz CT molecular complexity index is 955. The van der Waals surface area contributed by atoms with Gasteiger partial charge in [-0.15, -0.1) is 0 Å². The summed E-state index contributed by atoms with van der Waals surface area (Å²) in [6.07, 6.45) is 1.51. The molecule has 3 rings (SSSR count). The summed E-state index contributed by atoms with van der Waals surface area (Å²) >= 11 is 12.0. The van der Waals surface area contributed by atoms with Crippen molar-refractivity contribution in [2.24, 2.45) is 0 Å². The van der Waals surface area contributed by atoms with Crippen molar-refractivity contribution in [1.29, 1.82) is 0 Å². The predicted molar refractivity (Wildman–Crippen MR) is 106 cm³/mol. The number of para-hydroxylation sites is 2. The second kappa shape index (κ2) is 7.72. The third-order valence-corrected chi connectivity index (χ3v) is 4.22. The molecule has 0 radical (unpaired) electrons. The Kier molecular flexibility index (Phi) is 5.40. The highest BCUT2D eigenvalue weighted by Gasteiger charge is 2.14. The summed E-state index contributed by atoms with van der Waals surface area (Å²) < 4.78 is 14.0. The summed E-state index contributed by atoms with van der Waals surface area (Å²) in [4.78, 5) is 8.23. The number of hydrogen-bond acceptors (Lipinski definition) is 4. The van der Waals surface area contributed by atoms with Gasteiger partial charge < -0.3 is 10.6 Å². The van der Waals surface area contributed by atoms with Crippen molar-refractivity contribution in [3.8, 4) is 0 Å². The van der Waals surface area contributed by atoms with E-state index >= 15 is 0 Å². The van der Waals surface area contributed by atoms with Crippen LogP contribution in [0.15, 0.2) is 55.2 Å². The number of halogens is 3. The second-order valence-electron chi connectivity index (χ2n) is 5.54. The summed E-state index contributed by atoms with van der Waals surface area (Å²) in [5.41, 5.74) is 2.95. The molecule has 0 aliphatic heterocycles. The van der Waals surface area contributed by atoms with Gasteiger partial charge in [0.1, 0.15) is 11.6 Å². The first kappa shape index (κ1) is 18.2. The van der Waals surface area contributed by atoms with Crippen LogP contribution < -0.4 is 10.6 Å². The molecular formula is C19H15Cl2FN4. The van der Waals surface area contributed by atoms with Gasteiger partial charge in [0.05, 0.1) is 16.3 Å². The summed E-state index contributed by atoms with van der Waals surface area (Å²) in [7, 11) is 0. The zero-order valence-electron chi connectivity index (χ0n) is 13.9. The van der Waals surface area contributed by atoms with Gasteiger partial charge in [-0.2, -0.15) is 4.98 Å². The van der Waals surface area contributed by atoms with Crippen LogP contribution in [0, 0.1) is 12.7 Å². The number of aryl methyl sites for hydroxylation is 1. The second-order valence-corrected chi connectivity index (χ2v) is 6.29. The lowest BCUT2D eigenvalue weighted by Crippen LogP contribution is -2.06. The van der Waals surface area contributed by atoms with Gasteiger partial charge in [0.15, 0.2) is 0 Å². The molecule has 0 spiro atoms. The Labute approximate surface area is 160 Å². The number of rotatable bonds is 5. The van der Waals surface area contributed by atoms with Gasteiger partial charge in [0.25, 0.3) is 0 Å². The summed E-state index contributed by atoms with van der Waals surface area (Å²) in [5, 5.41) is 6.43. The van der Waals surface area contributed by atoms with Crippen molar-refractivity contribution < 1.29 is 4.39 Å². The zero-order chi connectivity index (χ0) is 18.7. The molecule has 0 aliphatic carbocycles. The van der Waals surface area contributed by atoms with Gasteiger partial charge >= 0.3 is 0 Å². The molecule has 4 nitrogen and oxygen atoms in total. The Morgan fingerprint density at radius 1 is 1.12 bits per heavy atom. The van der Waals surface area contributed by atoms with Crippen LogP contribution in [-0.2, 0) is 0 Å². The Morgan fingerprint density at radius 3 is 2.62 bits per heavy atom. The molecule has 3 aromatic rings. The van der Waals surface area contributed by atoms with E-state index in [-0.39, 0.29) is 16.0 Å². The molecule has 0 saturated carbocycles. The Hall–Kier alpha value is -2.63. The molecule has 132 valence electrons. The summed E-state index contributed by atoms with van der Waals surface area (Å²) in [5.74, 6) is -0.0359. The van der Waals surface area contributed by atoms with Crippen LogP contribution >= 0.6 is 23.2 Å². The van der Waals surface area contributed by atoms with Crippen LogP contribution in [0.2, 0.25) is 10.3 Å². The maximum absolute atomic E-state index is 14.0. The Morgan fingerprint density at radius 2 is 1.88 bits per heavy atom. The zero-order valence-corrected chi connectivity index (χ0v) is 15.4. The summed E-state index contributed by atoms with van der Waals surface area (Å²) in [6, 6.07) is 12.2. The number of benzene rings is 2. The molecule has 1 aromatic heterocycles. The highest BCUT2D eigenvalue weighted by Crippen LogP contribution is 2.31. The summed E-state index contributed by atoms with van der Waals surface area (Å²) in [6.45, 7) is 5.93. The van der Waals surface area contributed by atoms with Crippen molar-refractivity contribution in [2.75, 3.05) is 10.6 Å². The van der Waals surface area contributed by atoms with E-state index in [1.165, 1.54) is 18.3 Å². The molecular weight excluding hydrogens is 374 g/mol. The molecule has 7 heteroatoms. The third-order valence-electron chi connectivity index (χ3n) is 3.72. The molecule has 1 heterocycles. The van der Waals surface area contributed by atoms with E-state index in [9.17, 15) is 4.39 Å². The van der Waals surface area contributed by atoms with Crippen LogP contribution in [0.1, 0.15) is 11.1 Å². The smallest absolute Gasteiger partial charge is 0.224 e. The molecule has 0 atom stereocenters. The van der Waals surface area contributed by atoms with Crippen molar-refractivity contribution in [3.63, 3.8) is 0 Å². The van der Waals surface area contributed by atoms with E-state index in [1.807, 2.05) is 31.2 Å². The van der Waals surface area contributed by atoms with Crippen molar-refractivity contribution in [1.82, 2.24) is 9.97 Å². The van der Waals surface area contributed by atoms with Gasteiger partial charge in [0.2, 0.25) is 5.28 Å². The first-order chi connectivity index (χ1) is 12.5. The quantitative estimate of drug-likeness (QED) is 0.521. The number of nitrogens with zero attached hydrogens (tertiary/aromatic N) is 2. The van der Waals surface area contributed by atoms with E-state index in [0.717, 1.165) is 11.3 Å². The van der Waals surface area contributed by atoms with Gasteiger partial charge in [0, 0.05) is 17.6 Å². The normalized spacial score (nSPS) is 10.5. The molecule has 0 bridgehead atoms. The SMILES string of the molecule is C=C(Nc1c(F)cccc1Cl)c1cnc(Cl)nc1Nc1ccccc1C. The fraction of sp³-hybridized carbons (Fsp3) is 0.0526. The van der Waals surface area contributed by atoms with Crippen molar-refractivity contribution in [3.05, 3.63) is 82.5 Å². The monoisotopic (exact) mass is 388 g/mol. The first-order valence-electron chi connectivity index (χ1n) is 7.71. The first-order valence-corrected chi connectivity index (χ1v) is 8.47. The topological polar surface area (TPSA) is 49.8 Å². The highest BCUT2D eigenvalue weighted by molar-refractivity contribution is 6.33. The maximum Gasteiger partial charge on any atom is 0.224 e. The minimum atomic E-state index is -0.484.